The summed E-state index contributed by atoms with van der Waals surface area (Å²) in [6, 6.07) is 6.22. The molecule has 0 saturated heterocycles. The molecule has 2 fully saturated rings. The van der Waals surface area contributed by atoms with Crippen molar-refractivity contribution in [3.63, 3.8) is 0 Å². The van der Waals surface area contributed by atoms with Gasteiger partial charge in [-0.05, 0) is 49.8 Å². The van der Waals surface area contributed by atoms with Crippen LogP contribution >= 0.6 is 0 Å². The van der Waals surface area contributed by atoms with Crippen LogP contribution in [0.5, 0.6) is 11.5 Å². The van der Waals surface area contributed by atoms with Crippen molar-refractivity contribution in [2.75, 3.05) is 14.2 Å². The van der Waals surface area contributed by atoms with Crippen LogP contribution in [0.1, 0.15) is 56.9 Å². The number of ether oxygens (including phenoxy) is 2. The largest absolute Gasteiger partial charge is 0.497 e. The van der Waals surface area contributed by atoms with Gasteiger partial charge in [0.2, 0.25) is 5.91 Å². The Morgan fingerprint density at radius 3 is 2.46 bits per heavy atom. The normalized spacial score (nSPS) is 18.2. The molecule has 1 amide bonds. The third-order valence-corrected chi connectivity index (χ3v) is 5.32. The average molecular weight is 331 g/mol. The number of carbonyl (C=O) groups excluding carboxylic acids is 1. The number of amides is 1. The van der Waals surface area contributed by atoms with Gasteiger partial charge in [-0.25, -0.2) is 0 Å². The number of nitrogens with zero attached hydrogens (tertiary/aromatic N) is 1. The fourth-order valence-electron chi connectivity index (χ4n) is 3.75. The van der Waals surface area contributed by atoms with Crippen LogP contribution in [0, 0.1) is 5.92 Å². The highest BCUT2D eigenvalue weighted by molar-refractivity contribution is 5.77. The molecule has 3 rings (SSSR count). The molecule has 0 heterocycles. The van der Waals surface area contributed by atoms with Gasteiger partial charge in [0.1, 0.15) is 11.5 Å². The van der Waals surface area contributed by atoms with E-state index in [-0.39, 0.29) is 0 Å². The summed E-state index contributed by atoms with van der Waals surface area (Å²) < 4.78 is 10.8. The second-order valence-corrected chi connectivity index (χ2v) is 7.14. The molecule has 2 saturated carbocycles. The van der Waals surface area contributed by atoms with Gasteiger partial charge in [-0.15, -0.1) is 0 Å². The van der Waals surface area contributed by atoms with Gasteiger partial charge in [0.25, 0.3) is 0 Å². The summed E-state index contributed by atoms with van der Waals surface area (Å²) in [5, 5.41) is 0. The van der Waals surface area contributed by atoms with Gasteiger partial charge in [-0.3, -0.25) is 4.79 Å². The first-order valence-corrected chi connectivity index (χ1v) is 9.21. The molecule has 132 valence electrons. The lowest BCUT2D eigenvalue weighted by Crippen LogP contribution is -2.34. The number of benzene rings is 1. The van der Waals surface area contributed by atoms with Gasteiger partial charge in [-0.1, -0.05) is 19.3 Å². The van der Waals surface area contributed by atoms with Crippen molar-refractivity contribution < 1.29 is 14.3 Å². The van der Waals surface area contributed by atoms with Crippen LogP contribution in [0.15, 0.2) is 18.2 Å². The van der Waals surface area contributed by atoms with Crippen molar-refractivity contribution in [2.45, 2.75) is 64.0 Å². The van der Waals surface area contributed by atoms with Crippen LogP contribution in [0.3, 0.4) is 0 Å². The van der Waals surface area contributed by atoms with E-state index in [2.05, 4.69) is 4.90 Å². The highest BCUT2D eigenvalue weighted by Crippen LogP contribution is 2.34. The molecule has 1 aromatic carbocycles. The maximum atomic E-state index is 12.9. The van der Waals surface area contributed by atoms with Crippen LogP contribution in [0.4, 0.5) is 0 Å². The minimum atomic E-state index is 0.314. The van der Waals surface area contributed by atoms with E-state index in [0.29, 0.717) is 30.8 Å². The van der Waals surface area contributed by atoms with Gasteiger partial charge in [-0.2, -0.15) is 0 Å². The maximum Gasteiger partial charge on any atom is 0.223 e. The molecule has 4 heteroatoms. The molecule has 0 N–H and O–H groups in total. The first-order valence-electron chi connectivity index (χ1n) is 9.21. The Morgan fingerprint density at radius 1 is 1.08 bits per heavy atom. The molecule has 24 heavy (non-hydrogen) atoms. The quantitative estimate of drug-likeness (QED) is 0.753. The molecular weight excluding hydrogens is 302 g/mol. The van der Waals surface area contributed by atoms with E-state index in [4.69, 9.17) is 9.47 Å². The highest BCUT2D eigenvalue weighted by atomic mass is 16.5. The van der Waals surface area contributed by atoms with Crippen LogP contribution in [-0.4, -0.2) is 31.1 Å². The fraction of sp³-hybridized carbons (Fsp3) is 0.650. The third-order valence-electron chi connectivity index (χ3n) is 5.32. The van der Waals surface area contributed by atoms with Crippen molar-refractivity contribution in [2.24, 2.45) is 5.92 Å². The summed E-state index contributed by atoms with van der Waals surface area (Å²) >= 11 is 0. The Hall–Kier alpha value is -1.71. The van der Waals surface area contributed by atoms with Gasteiger partial charge in [0, 0.05) is 24.6 Å². The number of hydrogen-bond donors (Lipinski definition) is 0. The molecule has 0 aliphatic heterocycles. The summed E-state index contributed by atoms with van der Waals surface area (Å²) in [6.07, 6.45) is 9.29. The van der Waals surface area contributed by atoms with Crippen LogP contribution in [0.25, 0.3) is 0 Å². The van der Waals surface area contributed by atoms with E-state index in [0.717, 1.165) is 29.9 Å². The second kappa shape index (κ2) is 7.91. The van der Waals surface area contributed by atoms with Crippen LogP contribution in [0.2, 0.25) is 0 Å². The lowest BCUT2D eigenvalue weighted by Gasteiger charge is -2.27. The lowest BCUT2D eigenvalue weighted by atomic mass is 9.86. The van der Waals surface area contributed by atoms with Crippen molar-refractivity contribution in [1.82, 2.24) is 4.90 Å². The molecule has 0 unspecified atom stereocenters. The molecule has 0 spiro atoms. The predicted molar refractivity (Wildman–Crippen MR) is 94.3 cm³/mol. The van der Waals surface area contributed by atoms with Gasteiger partial charge in [0.15, 0.2) is 0 Å². The molecule has 2 aliphatic rings. The van der Waals surface area contributed by atoms with Crippen LogP contribution in [-0.2, 0) is 11.3 Å². The molecule has 2 aliphatic carbocycles. The SMILES string of the molecule is COc1ccc(OC)c(CN(C(=O)CC2CCCCC2)C2CC2)c1. The molecular formula is C20H29NO3. The molecule has 0 bridgehead atoms. The third kappa shape index (κ3) is 4.22. The van der Waals surface area contributed by atoms with Gasteiger partial charge < -0.3 is 14.4 Å². The predicted octanol–water partition coefficient (Wildman–Crippen LogP) is 4.17. The van der Waals surface area contributed by atoms with E-state index >= 15 is 0 Å². The summed E-state index contributed by atoms with van der Waals surface area (Å²) in [5.74, 6) is 2.53. The number of methoxy groups -OCH3 is 2. The molecule has 0 radical (unpaired) electrons. The Morgan fingerprint density at radius 2 is 1.83 bits per heavy atom. The average Bonchev–Trinajstić information content (AvgIpc) is 3.45. The van der Waals surface area contributed by atoms with E-state index in [9.17, 15) is 4.79 Å². The summed E-state index contributed by atoms with van der Waals surface area (Å²) in [7, 11) is 3.34. The number of carbonyl (C=O) groups is 1. The van der Waals surface area contributed by atoms with Gasteiger partial charge in [0.05, 0.1) is 14.2 Å². The second-order valence-electron chi connectivity index (χ2n) is 7.14. The molecule has 4 nitrogen and oxygen atoms in total. The topological polar surface area (TPSA) is 38.8 Å². The number of hydrogen-bond acceptors (Lipinski definition) is 3. The highest BCUT2D eigenvalue weighted by Gasteiger charge is 2.34. The maximum absolute atomic E-state index is 12.9. The van der Waals surface area contributed by atoms with E-state index in [1.54, 1.807) is 14.2 Å². The monoisotopic (exact) mass is 331 g/mol. The fourth-order valence-corrected chi connectivity index (χ4v) is 3.75. The van der Waals surface area contributed by atoms with E-state index in [1.165, 1.54) is 32.1 Å². The van der Waals surface area contributed by atoms with Crippen molar-refractivity contribution in [3.8, 4) is 11.5 Å². The van der Waals surface area contributed by atoms with Crippen LogP contribution < -0.4 is 9.47 Å². The zero-order valence-electron chi connectivity index (χ0n) is 14.9. The summed E-state index contributed by atoms with van der Waals surface area (Å²) in [5.41, 5.74) is 1.03. The van der Waals surface area contributed by atoms with Crippen molar-refractivity contribution in [1.29, 1.82) is 0 Å². The lowest BCUT2D eigenvalue weighted by molar-refractivity contribution is -0.133. The summed E-state index contributed by atoms with van der Waals surface area (Å²) in [4.78, 5) is 15.0. The zero-order valence-corrected chi connectivity index (χ0v) is 14.9. The Balaban J connectivity index is 1.70. The smallest absolute Gasteiger partial charge is 0.223 e. The minimum absolute atomic E-state index is 0.314. The standard InChI is InChI=1S/C20H29NO3/c1-23-18-10-11-19(24-2)16(13-18)14-21(17-8-9-17)20(22)12-15-6-4-3-5-7-15/h10-11,13,15,17H,3-9,12,14H2,1-2H3. The van der Waals surface area contributed by atoms with E-state index < -0.39 is 0 Å². The van der Waals surface area contributed by atoms with E-state index in [1.807, 2.05) is 18.2 Å². The first kappa shape index (κ1) is 17.1. The Labute approximate surface area is 145 Å². The minimum Gasteiger partial charge on any atom is -0.497 e. The molecule has 0 aromatic heterocycles. The first-order chi connectivity index (χ1) is 11.7. The van der Waals surface area contributed by atoms with Crippen molar-refractivity contribution in [3.05, 3.63) is 23.8 Å². The van der Waals surface area contributed by atoms with Crippen molar-refractivity contribution >= 4 is 5.91 Å². The summed E-state index contributed by atoms with van der Waals surface area (Å²) in [6.45, 7) is 0.622. The zero-order chi connectivity index (χ0) is 16.9. The number of rotatable bonds is 7. The Kier molecular flexibility index (Phi) is 5.64. The van der Waals surface area contributed by atoms with Gasteiger partial charge >= 0.3 is 0 Å². The Bertz CT molecular complexity index is 562. The molecule has 1 aromatic rings. The molecule has 0 atom stereocenters.